The number of nitriles is 1. The van der Waals surface area contributed by atoms with Crippen LogP contribution in [0.3, 0.4) is 0 Å². The first-order valence-electron chi connectivity index (χ1n) is 10.0. The Morgan fingerprint density at radius 3 is 2.72 bits per heavy atom. The molecule has 2 aromatic heterocycles. The normalized spacial score (nSPS) is 22.1. The summed E-state index contributed by atoms with van der Waals surface area (Å²) in [5.41, 5.74) is 1.04. The number of thiazole rings is 1. The molecule has 0 bridgehead atoms. The second-order valence-electron chi connectivity index (χ2n) is 7.61. The molecular formula is C21H22N6OS. The summed E-state index contributed by atoms with van der Waals surface area (Å²) in [5.74, 6) is 1.55. The molecule has 1 aromatic carbocycles. The van der Waals surface area contributed by atoms with E-state index < -0.39 is 0 Å². The number of benzene rings is 1. The van der Waals surface area contributed by atoms with Crippen LogP contribution in [-0.2, 0) is 0 Å². The standard InChI is InChI=1S/C21H22N6OS/c22-13-14-5-9-27(10-6-14)19-20(24-8-7-23-19)28-16-11-15(12-16)25-21-26-17-3-1-2-4-18(17)29-21/h1-4,7-8,14-16H,5-6,9-12H2,(H,25,26)/t15-,16+. The smallest absolute Gasteiger partial charge is 0.257 e. The van der Waals surface area contributed by atoms with Gasteiger partial charge in [0.05, 0.1) is 16.3 Å². The quantitative estimate of drug-likeness (QED) is 0.689. The topological polar surface area (TPSA) is 87.0 Å². The molecule has 1 aliphatic heterocycles. The molecule has 1 saturated carbocycles. The van der Waals surface area contributed by atoms with Gasteiger partial charge >= 0.3 is 0 Å². The van der Waals surface area contributed by atoms with E-state index in [2.05, 4.69) is 37.3 Å². The van der Waals surface area contributed by atoms with Crippen molar-refractivity contribution in [1.82, 2.24) is 15.0 Å². The van der Waals surface area contributed by atoms with Crippen molar-refractivity contribution >= 4 is 32.5 Å². The van der Waals surface area contributed by atoms with Crippen molar-refractivity contribution in [3.63, 3.8) is 0 Å². The summed E-state index contributed by atoms with van der Waals surface area (Å²) < 4.78 is 7.38. The number of anilines is 2. The van der Waals surface area contributed by atoms with Gasteiger partial charge in [-0.15, -0.1) is 0 Å². The molecule has 3 aromatic rings. The van der Waals surface area contributed by atoms with E-state index in [0.29, 0.717) is 11.9 Å². The number of para-hydroxylation sites is 1. The van der Waals surface area contributed by atoms with Crippen molar-refractivity contribution in [1.29, 1.82) is 5.26 Å². The summed E-state index contributed by atoms with van der Waals surface area (Å²) in [6, 6.07) is 10.9. The molecule has 148 valence electrons. The van der Waals surface area contributed by atoms with E-state index in [4.69, 9.17) is 10.00 Å². The third-order valence-electron chi connectivity index (χ3n) is 5.62. The lowest BCUT2D eigenvalue weighted by Gasteiger charge is -2.36. The van der Waals surface area contributed by atoms with Crippen molar-refractivity contribution in [3.05, 3.63) is 36.7 Å². The number of nitrogens with zero attached hydrogens (tertiary/aromatic N) is 5. The fourth-order valence-electron chi connectivity index (χ4n) is 3.88. The van der Waals surface area contributed by atoms with E-state index >= 15 is 0 Å². The van der Waals surface area contributed by atoms with Crippen molar-refractivity contribution in [2.24, 2.45) is 5.92 Å². The Hall–Kier alpha value is -2.92. The molecule has 0 radical (unpaired) electrons. The predicted octanol–water partition coefficient (Wildman–Crippen LogP) is 3.85. The van der Waals surface area contributed by atoms with Gasteiger partial charge in [0.1, 0.15) is 6.10 Å². The van der Waals surface area contributed by atoms with Crippen molar-refractivity contribution in [2.45, 2.75) is 37.8 Å². The number of hydrogen-bond donors (Lipinski definition) is 1. The second-order valence-corrected chi connectivity index (χ2v) is 8.65. The number of hydrogen-bond acceptors (Lipinski definition) is 8. The van der Waals surface area contributed by atoms with Gasteiger partial charge in [-0.1, -0.05) is 23.5 Å². The number of piperidine rings is 1. The summed E-state index contributed by atoms with van der Waals surface area (Å²) in [6.07, 6.45) is 7.08. The average Bonchev–Trinajstić information content (AvgIpc) is 3.15. The zero-order valence-electron chi connectivity index (χ0n) is 16.0. The lowest BCUT2D eigenvalue weighted by molar-refractivity contribution is 0.103. The number of ether oxygens (including phenoxy) is 1. The van der Waals surface area contributed by atoms with Gasteiger partial charge in [0.25, 0.3) is 5.88 Å². The Morgan fingerprint density at radius 2 is 1.93 bits per heavy atom. The van der Waals surface area contributed by atoms with Crippen molar-refractivity contribution in [2.75, 3.05) is 23.3 Å². The predicted molar refractivity (Wildman–Crippen MR) is 113 cm³/mol. The van der Waals surface area contributed by atoms with E-state index in [9.17, 15) is 0 Å². The van der Waals surface area contributed by atoms with Gasteiger partial charge < -0.3 is 15.0 Å². The highest BCUT2D eigenvalue weighted by Crippen LogP contribution is 2.34. The summed E-state index contributed by atoms with van der Waals surface area (Å²) in [4.78, 5) is 15.8. The van der Waals surface area contributed by atoms with Gasteiger partial charge in [-0.05, 0) is 25.0 Å². The maximum Gasteiger partial charge on any atom is 0.257 e. The van der Waals surface area contributed by atoms with E-state index in [1.165, 1.54) is 4.70 Å². The lowest BCUT2D eigenvalue weighted by Crippen LogP contribution is -2.43. The fourth-order valence-corrected chi connectivity index (χ4v) is 4.83. The number of rotatable bonds is 5. The molecule has 2 aliphatic rings. The molecule has 29 heavy (non-hydrogen) atoms. The Labute approximate surface area is 173 Å². The van der Waals surface area contributed by atoms with Crippen LogP contribution in [0.15, 0.2) is 36.7 Å². The third kappa shape index (κ3) is 3.83. The monoisotopic (exact) mass is 406 g/mol. The molecule has 8 heteroatoms. The van der Waals surface area contributed by atoms with E-state index in [1.807, 2.05) is 18.2 Å². The molecule has 0 unspecified atom stereocenters. The molecule has 1 saturated heterocycles. The van der Waals surface area contributed by atoms with E-state index in [-0.39, 0.29) is 12.0 Å². The Morgan fingerprint density at radius 1 is 1.14 bits per heavy atom. The average molecular weight is 407 g/mol. The van der Waals surface area contributed by atoms with Gasteiger partial charge in [-0.2, -0.15) is 5.26 Å². The van der Waals surface area contributed by atoms with Crippen LogP contribution in [0.2, 0.25) is 0 Å². The molecule has 7 nitrogen and oxygen atoms in total. The second kappa shape index (κ2) is 7.84. The highest BCUT2D eigenvalue weighted by Gasteiger charge is 2.33. The van der Waals surface area contributed by atoms with Crippen LogP contribution >= 0.6 is 11.3 Å². The van der Waals surface area contributed by atoms with Crippen LogP contribution in [0, 0.1) is 17.2 Å². The van der Waals surface area contributed by atoms with Gasteiger partial charge in [0, 0.05) is 50.3 Å². The minimum Gasteiger partial charge on any atom is -0.472 e. The molecule has 0 amide bonds. The summed E-state index contributed by atoms with van der Waals surface area (Å²) in [6.45, 7) is 1.64. The first-order valence-corrected chi connectivity index (χ1v) is 10.8. The minimum absolute atomic E-state index is 0.133. The van der Waals surface area contributed by atoms with Crippen LogP contribution < -0.4 is 15.0 Å². The van der Waals surface area contributed by atoms with Crippen LogP contribution in [0.25, 0.3) is 10.2 Å². The van der Waals surface area contributed by atoms with Crippen LogP contribution in [0.4, 0.5) is 10.9 Å². The zero-order valence-corrected chi connectivity index (χ0v) is 16.8. The Bertz CT molecular complexity index is 1000. The van der Waals surface area contributed by atoms with Gasteiger partial charge in [0.15, 0.2) is 10.9 Å². The Balaban J connectivity index is 1.18. The Kier molecular flexibility index (Phi) is 4.90. The van der Waals surface area contributed by atoms with Crippen LogP contribution in [0.1, 0.15) is 25.7 Å². The minimum atomic E-state index is 0.133. The highest BCUT2D eigenvalue weighted by molar-refractivity contribution is 7.22. The van der Waals surface area contributed by atoms with Gasteiger partial charge in [0.2, 0.25) is 0 Å². The summed E-state index contributed by atoms with van der Waals surface area (Å²) >= 11 is 1.69. The fraction of sp³-hybridized carbons (Fsp3) is 0.429. The molecule has 1 aliphatic carbocycles. The van der Waals surface area contributed by atoms with Crippen molar-refractivity contribution < 1.29 is 4.74 Å². The maximum absolute atomic E-state index is 9.10. The number of nitrogens with one attached hydrogen (secondary N) is 1. The number of fused-ring (bicyclic) bond motifs is 1. The van der Waals surface area contributed by atoms with E-state index in [0.717, 1.165) is 55.2 Å². The van der Waals surface area contributed by atoms with Gasteiger partial charge in [-0.25, -0.2) is 15.0 Å². The SMILES string of the molecule is N#CC1CCN(c2nccnc2O[C@H]2C[C@@H](Nc3nc4ccccc4s3)C2)CC1. The molecule has 0 spiro atoms. The molecule has 1 N–H and O–H groups in total. The molecule has 0 atom stereocenters. The first-order chi connectivity index (χ1) is 14.3. The molecule has 5 rings (SSSR count). The first kappa shape index (κ1) is 18.1. The lowest BCUT2D eigenvalue weighted by atomic mass is 9.89. The summed E-state index contributed by atoms with van der Waals surface area (Å²) in [7, 11) is 0. The van der Waals surface area contributed by atoms with Crippen LogP contribution in [0.5, 0.6) is 5.88 Å². The van der Waals surface area contributed by atoms with Crippen molar-refractivity contribution in [3.8, 4) is 11.9 Å². The summed E-state index contributed by atoms with van der Waals surface area (Å²) in [5, 5.41) is 13.6. The zero-order chi connectivity index (χ0) is 19.6. The highest BCUT2D eigenvalue weighted by atomic mass is 32.1. The van der Waals surface area contributed by atoms with E-state index in [1.54, 1.807) is 23.7 Å². The third-order valence-corrected chi connectivity index (χ3v) is 6.59. The largest absolute Gasteiger partial charge is 0.472 e. The molecular weight excluding hydrogens is 384 g/mol. The molecule has 2 fully saturated rings. The van der Waals surface area contributed by atoms with Gasteiger partial charge in [-0.3, -0.25) is 0 Å². The molecule has 3 heterocycles. The maximum atomic E-state index is 9.10. The van der Waals surface area contributed by atoms with Crippen LogP contribution in [-0.4, -0.2) is 40.2 Å². The number of aromatic nitrogens is 3.